The minimum atomic E-state index is -0.529. The van der Waals surface area contributed by atoms with Crippen LogP contribution in [0.1, 0.15) is 19.3 Å². The molecule has 1 saturated carbocycles. The first-order chi connectivity index (χ1) is 7.71. The molecular formula is C11H21N3O2. The smallest absolute Gasteiger partial charge is 0.240 e. The van der Waals surface area contributed by atoms with Crippen molar-refractivity contribution in [3.63, 3.8) is 0 Å². The van der Waals surface area contributed by atoms with Crippen molar-refractivity contribution in [2.75, 3.05) is 39.4 Å². The van der Waals surface area contributed by atoms with E-state index in [1.54, 1.807) is 0 Å². The summed E-state index contributed by atoms with van der Waals surface area (Å²) in [5.74, 6) is 0.0227. The van der Waals surface area contributed by atoms with Gasteiger partial charge in [0.2, 0.25) is 5.91 Å². The van der Waals surface area contributed by atoms with Crippen LogP contribution in [-0.4, -0.2) is 55.7 Å². The predicted molar refractivity (Wildman–Crippen MR) is 61.0 cm³/mol. The molecule has 0 aromatic rings. The molecular weight excluding hydrogens is 206 g/mol. The maximum atomic E-state index is 11.5. The summed E-state index contributed by atoms with van der Waals surface area (Å²) in [6, 6.07) is 0. The summed E-state index contributed by atoms with van der Waals surface area (Å²) >= 11 is 0. The lowest BCUT2D eigenvalue weighted by atomic mass is 10.2. The third kappa shape index (κ3) is 3.17. The van der Waals surface area contributed by atoms with Gasteiger partial charge in [0.25, 0.3) is 0 Å². The lowest BCUT2D eigenvalue weighted by Crippen LogP contribution is -2.44. The van der Waals surface area contributed by atoms with Gasteiger partial charge in [-0.2, -0.15) is 0 Å². The highest BCUT2D eigenvalue weighted by atomic mass is 16.5. The van der Waals surface area contributed by atoms with Crippen molar-refractivity contribution in [1.29, 1.82) is 0 Å². The van der Waals surface area contributed by atoms with Crippen LogP contribution in [0, 0.1) is 0 Å². The number of morpholine rings is 1. The van der Waals surface area contributed by atoms with Crippen LogP contribution in [0.25, 0.3) is 0 Å². The third-order valence-corrected chi connectivity index (χ3v) is 3.28. The molecule has 16 heavy (non-hydrogen) atoms. The Labute approximate surface area is 96.3 Å². The zero-order valence-electron chi connectivity index (χ0n) is 9.71. The second kappa shape index (κ2) is 5.12. The SMILES string of the molecule is NC1(C(=O)NCCCN2CCOCC2)CC1. The van der Waals surface area contributed by atoms with Crippen LogP contribution in [0.5, 0.6) is 0 Å². The fourth-order valence-corrected chi connectivity index (χ4v) is 1.87. The van der Waals surface area contributed by atoms with Gasteiger partial charge in [-0.25, -0.2) is 0 Å². The quantitative estimate of drug-likeness (QED) is 0.610. The second-order valence-electron chi connectivity index (χ2n) is 4.72. The van der Waals surface area contributed by atoms with Crippen molar-refractivity contribution in [2.24, 2.45) is 5.73 Å². The third-order valence-electron chi connectivity index (χ3n) is 3.28. The van der Waals surface area contributed by atoms with Gasteiger partial charge >= 0.3 is 0 Å². The van der Waals surface area contributed by atoms with E-state index in [0.717, 1.165) is 58.7 Å². The number of nitrogens with one attached hydrogen (secondary N) is 1. The van der Waals surface area contributed by atoms with Gasteiger partial charge in [0, 0.05) is 19.6 Å². The summed E-state index contributed by atoms with van der Waals surface area (Å²) in [5.41, 5.74) is 5.25. The number of rotatable bonds is 5. The van der Waals surface area contributed by atoms with E-state index in [9.17, 15) is 4.79 Å². The van der Waals surface area contributed by atoms with Crippen molar-refractivity contribution in [2.45, 2.75) is 24.8 Å². The van der Waals surface area contributed by atoms with E-state index in [2.05, 4.69) is 10.2 Å². The Hall–Kier alpha value is -0.650. The Bertz CT molecular complexity index is 248. The van der Waals surface area contributed by atoms with E-state index >= 15 is 0 Å². The van der Waals surface area contributed by atoms with Crippen LogP contribution in [0.15, 0.2) is 0 Å². The lowest BCUT2D eigenvalue weighted by Gasteiger charge is -2.26. The van der Waals surface area contributed by atoms with E-state index in [0.29, 0.717) is 0 Å². The van der Waals surface area contributed by atoms with Gasteiger partial charge in [0.05, 0.1) is 18.8 Å². The fourth-order valence-electron chi connectivity index (χ4n) is 1.87. The average molecular weight is 227 g/mol. The molecule has 0 bridgehead atoms. The number of carbonyl (C=O) groups is 1. The van der Waals surface area contributed by atoms with Crippen LogP contribution >= 0.6 is 0 Å². The molecule has 5 nitrogen and oxygen atoms in total. The van der Waals surface area contributed by atoms with Crippen molar-refractivity contribution in [3.8, 4) is 0 Å². The molecule has 1 aliphatic carbocycles. The predicted octanol–water partition coefficient (Wildman–Crippen LogP) is -0.684. The summed E-state index contributed by atoms with van der Waals surface area (Å²) in [5, 5.41) is 2.90. The van der Waals surface area contributed by atoms with E-state index in [1.165, 1.54) is 0 Å². The number of carbonyl (C=O) groups excluding carboxylic acids is 1. The van der Waals surface area contributed by atoms with Crippen molar-refractivity contribution < 1.29 is 9.53 Å². The van der Waals surface area contributed by atoms with Gasteiger partial charge in [0.1, 0.15) is 0 Å². The number of nitrogens with zero attached hydrogens (tertiary/aromatic N) is 1. The van der Waals surface area contributed by atoms with Crippen LogP contribution in [0.4, 0.5) is 0 Å². The largest absolute Gasteiger partial charge is 0.379 e. The lowest BCUT2D eigenvalue weighted by molar-refractivity contribution is -0.123. The van der Waals surface area contributed by atoms with Crippen molar-refractivity contribution in [1.82, 2.24) is 10.2 Å². The molecule has 1 amide bonds. The minimum Gasteiger partial charge on any atom is -0.379 e. The van der Waals surface area contributed by atoms with E-state index in [-0.39, 0.29) is 5.91 Å². The normalized spacial score (nSPS) is 24.1. The molecule has 0 unspecified atom stereocenters. The molecule has 1 aliphatic heterocycles. The molecule has 0 atom stereocenters. The first-order valence-electron chi connectivity index (χ1n) is 6.08. The number of hydrogen-bond donors (Lipinski definition) is 2. The van der Waals surface area contributed by atoms with Crippen LogP contribution < -0.4 is 11.1 Å². The van der Waals surface area contributed by atoms with Gasteiger partial charge in [-0.05, 0) is 25.8 Å². The highest BCUT2D eigenvalue weighted by molar-refractivity contribution is 5.88. The molecule has 0 aromatic carbocycles. The molecule has 2 rings (SSSR count). The Balaban J connectivity index is 1.53. The number of ether oxygens (including phenoxy) is 1. The maximum Gasteiger partial charge on any atom is 0.240 e. The zero-order chi connectivity index (χ0) is 11.4. The average Bonchev–Trinajstić information content (AvgIpc) is 3.05. The maximum absolute atomic E-state index is 11.5. The first kappa shape index (κ1) is 11.8. The Morgan fingerprint density at radius 3 is 2.69 bits per heavy atom. The van der Waals surface area contributed by atoms with Crippen LogP contribution in [-0.2, 0) is 9.53 Å². The monoisotopic (exact) mass is 227 g/mol. The van der Waals surface area contributed by atoms with Crippen LogP contribution in [0.3, 0.4) is 0 Å². The summed E-state index contributed by atoms with van der Waals surface area (Å²) in [6.45, 7) is 5.44. The molecule has 5 heteroatoms. The Kier molecular flexibility index (Phi) is 3.78. The summed E-state index contributed by atoms with van der Waals surface area (Å²) in [6.07, 6.45) is 2.66. The molecule has 92 valence electrons. The molecule has 1 heterocycles. The van der Waals surface area contributed by atoms with Gasteiger partial charge < -0.3 is 15.8 Å². The van der Waals surface area contributed by atoms with E-state index in [1.807, 2.05) is 0 Å². The van der Waals surface area contributed by atoms with Gasteiger partial charge in [0.15, 0.2) is 0 Å². The molecule has 1 saturated heterocycles. The highest BCUT2D eigenvalue weighted by Crippen LogP contribution is 2.31. The molecule has 0 spiro atoms. The summed E-state index contributed by atoms with van der Waals surface area (Å²) < 4.78 is 5.27. The molecule has 0 aromatic heterocycles. The molecule has 2 fully saturated rings. The van der Waals surface area contributed by atoms with Crippen molar-refractivity contribution >= 4 is 5.91 Å². The topological polar surface area (TPSA) is 67.6 Å². The van der Waals surface area contributed by atoms with Crippen LogP contribution in [0.2, 0.25) is 0 Å². The minimum absolute atomic E-state index is 0.0227. The number of nitrogens with two attached hydrogens (primary N) is 1. The summed E-state index contributed by atoms with van der Waals surface area (Å²) in [4.78, 5) is 13.9. The number of hydrogen-bond acceptors (Lipinski definition) is 4. The molecule has 3 N–H and O–H groups in total. The Morgan fingerprint density at radius 2 is 2.06 bits per heavy atom. The zero-order valence-corrected chi connectivity index (χ0v) is 9.71. The first-order valence-corrected chi connectivity index (χ1v) is 6.08. The van der Waals surface area contributed by atoms with Crippen molar-refractivity contribution in [3.05, 3.63) is 0 Å². The van der Waals surface area contributed by atoms with E-state index in [4.69, 9.17) is 10.5 Å². The molecule has 2 aliphatic rings. The fraction of sp³-hybridized carbons (Fsp3) is 0.909. The molecule has 0 radical (unpaired) electrons. The van der Waals surface area contributed by atoms with Gasteiger partial charge in [-0.15, -0.1) is 0 Å². The summed E-state index contributed by atoms with van der Waals surface area (Å²) in [7, 11) is 0. The van der Waals surface area contributed by atoms with Gasteiger partial charge in [-0.1, -0.05) is 0 Å². The van der Waals surface area contributed by atoms with E-state index < -0.39 is 5.54 Å². The van der Waals surface area contributed by atoms with Gasteiger partial charge in [-0.3, -0.25) is 9.69 Å². The number of amides is 1. The standard InChI is InChI=1S/C11H21N3O2/c12-11(2-3-11)10(15)13-4-1-5-14-6-8-16-9-7-14/h1-9,12H2,(H,13,15). The Morgan fingerprint density at radius 1 is 1.38 bits per heavy atom. The highest BCUT2D eigenvalue weighted by Gasteiger charge is 2.45. The second-order valence-corrected chi connectivity index (χ2v) is 4.72.